The second-order valence-corrected chi connectivity index (χ2v) is 4.60. The maximum atomic E-state index is 12.3. The van der Waals surface area contributed by atoms with Crippen molar-refractivity contribution >= 4 is 11.6 Å². The van der Waals surface area contributed by atoms with Crippen molar-refractivity contribution in [2.45, 2.75) is 25.8 Å². The summed E-state index contributed by atoms with van der Waals surface area (Å²) in [6.07, 6.45) is 1.30. The van der Waals surface area contributed by atoms with Gasteiger partial charge >= 0.3 is 0 Å². The molecule has 1 heterocycles. The number of para-hydroxylation sites is 1. The monoisotopic (exact) mass is 248 g/mol. The minimum atomic E-state index is 0.142. The number of amides is 1. The van der Waals surface area contributed by atoms with Crippen molar-refractivity contribution < 1.29 is 9.53 Å². The summed E-state index contributed by atoms with van der Waals surface area (Å²) in [6.45, 7) is 4.04. The lowest BCUT2D eigenvalue weighted by atomic mass is 10.1. The van der Waals surface area contributed by atoms with Crippen molar-refractivity contribution in [2.75, 3.05) is 25.5 Å². The summed E-state index contributed by atoms with van der Waals surface area (Å²) < 4.78 is 5.41. The third kappa shape index (κ3) is 2.82. The van der Waals surface area contributed by atoms with Crippen molar-refractivity contribution in [3.05, 3.63) is 29.8 Å². The van der Waals surface area contributed by atoms with Crippen LogP contribution in [0.3, 0.4) is 0 Å². The summed E-state index contributed by atoms with van der Waals surface area (Å²) in [5.74, 6) is 0.142. The molecule has 1 saturated heterocycles. The van der Waals surface area contributed by atoms with E-state index in [-0.39, 0.29) is 11.9 Å². The average molecular weight is 248 g/mol. The average Bonchev–Trinajstić information content (AvgIpc) is 2.41. The number of hydrogen-bond acceptors (Lipinski definition) is 3. The molecule has 0 aromatic heterocycles. The van der Waals surface area contributed by atoms with E-state index >= 15 is 0 Å². The molecule has 2 rings (SSSR count). The molecule has 1 aromatic carbocycles. The molecule has 0 saturated carbocycles. The lowest BCUT2D eigenvalue weighted by molar-refractivity contribution is -0.139. The van der Waals surface area contributed by atoms with E-state index < -0.39 is 0 Å². The lowest BCUT2D eigenvalue weighted by Gasteiger charge is -2.35. The highest BCUT2D eigenvalue weighted by Gasteiger charge is 2.25. The first-order valence-electron chi connectivity index (χ1n) is 6.43. The van der Waals surface area contributed by atoms with Gasteiger partial charge in [-0.3, -0.25) is 4.79 Å². The fraction of sp³-hybridized carbons (Fsp3) is 0.500. The Labute approximate surface area is 108 Å². The Bertz CT molecular complexity index is 420. The standard InChI is InChI=1S/C14H20N2O2/c1-2-12-10-18-8-7-16(12)14(17)9-11-5-3-4-6-13(11)15/h3-6,12H,2,7-10,15H2,1H3. The predicted octanol–water partition coefficient (Wildman–Crippen LogP) is 1.45. The minimum absolute atomic E-state index is 0.142. The molecule has 0 spiro atoms. The summed E-state index contributed by atoms with van der Waals surface area (Å²) >= 11 is 0. The van der Waals surface area contributed by atoms with Gasteiger partial charge in [0.25, 0.3) is 0 Å². The zero-order valence-corrected chi connectivity index (χ0v) is 10.8. The first-order valence-corrected chi connectivity index (χ1v) is 6.43. The summed E-state index contributed by atoms with van der Waals surface area (Å²) in [5.41, 5.74) is 7.46. The number of benzene rings is 1. The van der Waals surface area contributed by atoms with E-state index in [0.717, 1.165) is 12.0 Å². The second kappa shape index (κ2) is 5.87. The van der Waals surface area contributed by atoms with Gasteiger partial charge in [0.05, 0.1) is 25.7 Å². The number of carbonyl (C=O) groups is 1. The van der Waals surface area contributed by atoms with E-state index in [9.17, 15) is 4.79 Å². The summed E-state index contributed by atoms with van der Waals surface area (Å²) in [7, 11) is 0. The largest absolute Gasteiger partial charge is 0.398 e. The number of anilines is 1. The first kappa shape index (κ1) is 12.9. The van der Waals surface area contributed by atoms with Crippen molar-refractivity contribution in [1.82, 2.24) is 4.90 Å². The zero-order valence-electron chi connectivity index (χ0n) is 10.8. The fourth-order valence-electron chi connectivity index (χ4n) is 2.28. The van der Waals surface area contributed by atoms with E-state index in [0.29, 0.717) is 31.9 Å². The highest BCUT2D eigenvalue weighted by molar-refractivity contribution is 5.80. The Kier molecular flexibility index (Phi) is 4.20. The molecule has 4 nitrogen and oxygen atoms in total. The highest BCUT2D eigenvalue weighted by atomic mass is 16.5. The molecule has 0 radical (unpaired) electrons. The van der Waals surface area contributed by atoms with Crippen LogP contribution < -0.4 is 5.73 Å². The maximum absolute atomic E-state index is 12.3. The maximum Gasteiger partial charge on any atom is 0.227 e. The summed E-state index contributed by atoms with van der Waals surface area (Å²) in [5, 5.41) is 0. The van der Waals surface area contributed by atoms with Gasteiger partial charge in [0.15, 0.2) is 0 Å². The van der Waals surface area contributed by atoms with Crippen LogP contribution in [-0.4, -0.2) is 36.6 Å². The van der Waals surface area contributed by atoms with Crippen LogP contribution in [-0.2, 0) is 16.0 Å². The number of rotatable bonds is 3. The van der Waals surface area contributed by atoms with Crippen molar-refractivity contribution in [3.8, 4) is 0 Å². The Morgan fingerprint density at radius 2 is 2.28 bits per heavy atom. The Hall–Kier alpha value is -1.55. The van der Waals surface area contributed by atoms with Crippen LogP contribution in [0.4, 0.5) is 5.69 Å². The quantitative estimate of drug-likeness (QED) is 0.824. The summed E-state index contributed by atoms with van der Waals surface area (Å²) in [6, 6.07) is 7.74. The van der Waals surface area contributed by atoms with Gasteiger partial charge in [-0.05, 0) is 18.1 Å². The van der Waals surface area contributed by atoms with Crippen molar-refractivity contribution in [2.24, 2.45) is 0 Å². The topological polar surface area (TPSA) is 55.6 Å². The number of nitrogens with two attached hydrogens (primary N) is 1. The van der Waals surface area contributed by atoms with Crippen LogP contribution in [0.15, 0.2) is 24.3 Å². The highest BCUT2D eigenvalue weighted by Crippen LogP contribution is 2.16. The van der Waals surface area contributed by atoms with Crippen LogP contribution in [0.5, 0.6) is 0 Å². The fourth-order valence-corrected chi connectivity index (χ4v) is 2.28. The lowest BCUT2D eigenvalue weighted by Crippen LogP contribution is -2.48. The van der Waals surface area contributed by atoms with E-state index in [4.69, 9.17) is 10.5 Å². The minimum Gasteiger partial charge on any atom is -0.398 e. The van der Waals surface area contributed by atoms with Gasteiger partial charge in [-0.1, -0.05) is 25.1 Å². The Balaban J connectivity index is 2.05. The molecule has 18 heavy (non-hydrogen) atoms. The van der Waals surface area contributed by atoms with E-state index in [2.05, 4.69) is 6.92 Å². The number of nitrogen functional groups attached to an aromatic ring is 1. The van der Waals surface area contributed by atoms with E-state index in [1.165, 1.54) is 0 Å². The molecule has 4 heteroatoms. The number of nitrogens with zero attached hydrogens (tertiary/aromatic N) is 1. The van der Waals surface area contributed by atoms with Crippen molar-refractivity contribution in [3.63, 3.8) is 0 Å². The molecule has 98 valence electrons. The molecule has 1 fully saturated rings. The number of morpholine rings is 1. The van der Waals surface area contributed by atoms with E-state index in [1.807, 2.05) is 29.2 Å². The third-order valence-electron chi connectivity index (χ3n) is 3.42. The molecule has 1 aliphatic heterocycles. The van der Waals surface area contributed by atoms with Gasteiger partial charge in [0.2, 0.25) is 5.91 Å². The van der Waals surface area contributed by atoms with Crippen LogP contribution >= 0.6 is 0 Å². The van der Waals surface area contributed by atoms with Gasteiger partial charge in [-0.15, -0.1) is 0 Å². The van der Waals surface area contributed by atoms with Crippen LogP contribution in [0.25, 0.3) is 0 Å². The normalized spacial score (nSPS) is 19.8. The number of hydrogen-bond donors (Lipinski definition) is 1. The van der Waals surface area contributed by atoms with Gasteiger partial charge in [-0.2, -0.15) is 0 Å². The van der Waals surface area contributed by atoms with Gasteiger partial charge in [0, 0.05) is 12.2 Å². The van der Waals surface area contributed by atoms with Crippen molar-refractivity contribution in [1.29, 1.82) is 0 Å². The Morgan fingerprint density at radius 1 is 1.50 bits per heavy atom. The zero-order chi connectivity index (χ0) is 13.0. The molecule has 1 unspecified atom stereocenters. The van der Waals surface area contributed by atoms with Crippen LogP contribution in [0, 0.1) is 0 Å². The number of carbonyl (C=O) groups excluding carboxylic acids is 1. The predicted molar refractivity (Wildman–Crippen MR) is 71.2 cm³/mol. The molecule has 2 N–H and O–H groups in total. The molecule has 0 bridgehead atoms. The van der Waals surface area contributed by atoms with Gasteiger partial charge in [0.1, 0.15) is 0 Å². The molecule has 1 aromatic rings. The van der Waals surface area contributed by atoms with Gasteiger partial charge in [-0.25, -0.2) is 0 Å². The first-order chi connectivity index (χ1) is 8.72. The SMILES string of the molecule is CCC1COCCN1C(=O)Cc1ccccc1N. The number of ether oxygens (including phenoxy) is 1. The Morgan fingerprint density at radius 3 is 3.00 bits per heavy atom. The molecule has 1 amide bonds. The molecule has 1 atom stereocenters. The second-order valence-electron chi connectivity index (χ2n) is 4.60. The molecule has 0 aliphatic carbocycles. The third-order valence-corrected chi connectivity index (χ3v) is 3.42. The van der Waals surface area contributed by atoms with Crippen LogP contribution in [0.2, 0.25) is 0 Å². The van der Waals surface area contributed by atoms with Gasteiger partial charge < -0.3 is 15.4 Å². The van der Waals surface area contributed by atoms with Crippen LogP contribution in [0.1, 0.15) is 18.9 Å². The smallest absolute Gasteiger partial charge is 0.227 e. The van der Waals surface area contributed by atoms with E-state index in [1.54, 1.807) is 0 Å². The molecule has 1 aliphatic rings. The molecular formula is C14H20N2O2. The summed E-state index contributed by atoms with van der Waals surface area (Å²) in [4.78, 5) is 14.2. The molecular weight excluding hydrogens is 228 g/mol.